The minimum atomic E-state index is -0.378. The second kappa shape index (κ2) is 5.97. The highest BCUT2D eigenvalue weighted by Crippen LogP contribution is 2.17. The van der Waals surface area contributed by atoms with Crippen LogP contribution in [0.25, 0.3) is 0 Å². The van der Waals surface area contributed by atoms with E-state index in [0.29, 0.717) is 12.3 Å². The zero-order valence-corrected chi connectivity index (χ0v) is 12.0. The van der Waals surface area contributed by atoms with Gasteiger partial charge in [-0.2, -0.15) is 5.10 Å². The van der Waals surface area contributed by atoms with E-state index < -0.39 is 0 Å². The molecule has 1 aromatic carbocycles. The molecule has 0 atom stereocenters. The van der Waals surface area contributed by atoms with Gasteiger partial charge in [-0.1, -0.05) is 28.1 Å². The SMILES string of the molecule is COC(=O)CC1=NN(Cc2ccc(Br)cc2)C(=O)C1. The van der Waals surface area contributed by atoms with Crippen molar-refractivity contribution in [3.8, 4) is 0 Å². The van der Waals surface area contributed by atoms with Gasteiger partial charge in [0, 0.05) is 4.47 Å². The molecule has 1 amide bonds. The van der Waals surface area contributed by atoms with Gasteiger partial charge in [0.25, 0.3) is 0 Å². The Hall–Kier alpha value is -1.69. The summed E-state index contributed by atoms with van der Waals surface area (Å²) in [7, 11) is 1.32. The van der Waals surface area contributed by atoms with Gasteiger partial charge in [-0.15, -0.1) is 0 Å². The average Bonchev–Trinajstić information content (AvgIpc) is 2.72. The van der Waals surface area contributed by atoms with Crippen molar-refractivity contribution < 1.29 is 14.3 Å². The van der Waals surface area contributed by atoms with Crippen molar-refractivity contribution >= 4 is 33.5 Å². The van der Waals surface area contributed by atoms with Crippen molar-refractivity contribution in [3.63, 3.8) is 0 Å². The fourth-order valence-corrected chi connectivity index (χ4v) is 2.01. The monoisotopic (exact) mass is 324 g/mol. The minimum absolute atomic E-state index is 0.0685. The molecule has 0 saturated heterocycles. The lowest BCUT2D eigenvalue weighted by molar-refractivity contribution is -0.139. The van der Waals surface area contributed by atoms with E-state index in [1.54, 1.807) is 0 Å². The Kier molecular flexibility index (Phi) is 4.31. The minimum Gasteiger partial charge on any atom is -0.469 e. The number of carbonyl (C=O) groups is 2. The molecule has 0 spiro atoms. The fourth-order valence-electron chi connectivity index (χ4n) is 1.75. The number of halogens is 1. The molecule has 6 heteroatoms. The van der Waals surface area contributed by atoms with Crippen LogP contribution in [0.2, 0.25) is 0 Å². The maximum absolute atomic E-state index is 11.8. The molecule has 0 fully saturated rings. The second-order valence-electron chi connectivity index (χ2n) is 4.17. The number of nitrogens with zero attached hydrogens (tertiary/aromatic N) is 2. The van der Waals surface area contributed by atoms with E-state index in [1.807, 2.05) is 24.3 Å². The largest absolute Gasteiger partial charge is 0.469 e. The number of benzene rings is 1. The summed E-state index contributed by atoms with van der Waals surface area (Å²) in [6.07, 6.45) is 0.255. The topological polar surface area (TPSA) is 59.0 Å². The average molecular weight is 325 g/mol. The molecule has 0 unspecified atom stereocenters. The van der Waals surface area contributed by atoms with Crippen LogP contribution in [-0.4, -0.2) is 29.7 Å². The summed E-state index contributed by atoms with van der Waals surface area (Å²) in [4.78, 5) is 22.9. The summed E-state index contributed by atoms with van der Waals surface area (Å²) in [5.41, 5.74) is 1.54. The Morgan fingerprint density at radius 1 is 1.42 bits per heavy atom. The van der Waals surface area contributed by atoms with Crippen molar-refractivity contribution in [2.45, 2.75) is 19.4 Å². The predicted molar refractivity (Wildman–Crippen MR) is 73.4 cm³/mol. The summed E-state index contributed by atoms with van der Waals surface area (Å²) in [6.45, 7) is 0.413. The van der Waals surface area contributed by atoms with Crippen LogP contribution in [0.5, 0.6) is 0 Å². The third-order valence-corrected chi connectivity index (χ3v) is 3.26. The molecule has 1 aromatic rings. The first kappa shape index (κ1) is 13.7. The van der Waals surface area contributed by atoms with Crippen LogP contribution in [0.15, 0.2) is 33.8 Å². The third-order valence-electron chi connectivity index (χ3n) is 2.73. The number of amides is 1. The van der Waals surface area contributed by atoms with Gasteiger partial charge in [0.15, 0.2) is 0 Å². The Balaban J connectivity index is 2.02. The number of hydrogen-bond donors (Lipinski definition) is 0. The Labute approximate surface area is 119 Å². The summed E-state index contributed by atoms with van der Waals surface area (Å²) in [5.74, 6) is -0.473. The molecule has 0 radical (unpaired) electrons. The normalized spacial score (nSPS) is 14.5. The zero-order valence-electron chi connectivity index (χ0n) is 10.4. The van der Waals surface area contributed by atoms with Crippen LogP contribution in [0.1, 0.15) is 18.4 Å². The third kappa shape index (κ3) is 3.64. The number of methoxy groups -OCH3 is 1. The first-order chi connectivity index (χ1) is 9.08. The highest BCUT2D eigenvalue weighted by atomic mass is 79.9. The summed E-state index contributed by atoms with van der Waals surface area (Å²) in [5, 5.41) is 5.55. The highest BCUT2D eigenvalue weighted by Gasteiger charge is 2.25. The van der Waals surface area contributed by atoms with E-state index in [1.165, 1.54) is 12.1 Å². The molecular formula is C13H13BrN2O3. The highest BCUT2D eigenvalue weighted by molar-refractivity contribution is 9.10. The molecule has 1 aliphatic heterocycles. The summed E-state index contributed by atoms with van der Waals surface area (Å²) in [6, 6.07) is 7.67. The number of esters is 1. The summed E-state index contributed by atoms with van der Waals surface area (Å²) >= 11 is 3.36. The molecule has 1 aliphatic rings. The van der Waals surface area contributed by atoms with E-state index in [0.717, 1.165) is 10.0 Å². The molecule has 19 heavy (non-hydrogen) atoms. The molecule has 5 nitrogen and oxygen atoms in total. The van der Waals surface area contributed by atoms with E-state index in [4.69, 9.17) is 0 Å². The number of rotatable bonds is 4. The summed E-state index contributed by atoms with van der Waals surface area (Å²) < 4.78 is 5.54. The van der Waals surface area contributed by atoms with Crippen LogP contribution >= 0.6 is 15.9 Å². The van der Waals surface area contributed by atoms with Crippen LogP contribution in [0.4, 0.5) is 0 Å². The standard InChI is InChI=1S/C13H13BrN2O3/c1-19-13(18)7-11-6-12(17)16(15-11)8-9-2-4-10(14)5-3-9/h2-5H,6-8H2,1H3. The quantitative estimate of drug-likeness (QED) is 0.797. The lowest BCUT2D eigenvalue weighted by atomic mass is 10.2. The van der Waals surface area contributed by atoms with Gasteiger partial charge in [0.05, 0.1) is 32.2 Å². The lowest BCUT2D eigenvalue weighted by Crippen LogP contribution is -2.20. The van der Waals surface area contributed by atoms with Gasteiger partial charge < -0.3 is 4.74 Å². The van der Waals surface area contributed by atoms with Crippen molar-refractivity contribution in [1.29, 1.82) is 0 Å². The van der Waals surface area contributed by atoms with Crippen molar-refractivity contribution in [1.82, 2.24) is 5.01 Å². The number of hydrazone groups is 1. The molecule has 0 saturated carbocycles. The Morgan fingerprint density at radius 3 is 2.74 bits per heavy atom. The number of hydrogen-bond acceptors (Lipinski definition) is 4. The van der Waals surface area contributed by atoms with Crippen molar-refractivity contribution in [2.24, 2.45) is 5.10 Å². The molecule has 0 aliphatic carbocycles. The smallest absolute Gasteiger partial charge is 0.311 e. The van der Waals surface area contributed by atoms with Crippen LogP contribution < -0.4 is 0 Å². The second-order valence-corrected chi connectivity index (χ2v) is 5.09. The van der Waals surface area contributed by atoms with E-state index in [-0.39, 0.29) is 24.7 Å². The Bertz CT molecular complexity index is 525. The zero-order chi connectivity index (χ0) is 13.8. The van der Waals surface area contributed by atoms with Gasteiger partial charge in [-0.05, 0) is 17.7 Å². The van der Waals surface area contributed by atoms with Gasteiger partial charge in [-0.3, -0.25) is 9.59 Å². The molecule has 0 aromatic heterocycles. The van der Waals surface area contributed by atoms with Crippen LogP contribution in [0.3, 0.4) is 0 Å². The number of carbonyl (C=O) groups excluding carboxylic acids is 2. The molecule has 100 valence electrons. The maximum Gasteiger partial charge on any atom is 0.311 e. The molecule has 1 heterocycles. The molecular weight excluding hydrogens is 312 g/mol. The van der Waals surface area contributed by atoms with Crippen LogP contribution in [-0.2, 0) is 20.9 Å². The first-order valence-electron chi connectivity index (χ1n) is 5.76. The van der Waals surface area contributed by atoms with Crippen molar-refractivity contribution in [2.75, 3.05) is 7.11 Å². The van der Waals surface area contributed by atoms with Gasteiger partial charge in [0.2, 0.25) is 5.91 Å². The van der Waals surface area contributed by atoms with E-state index in [9.17, 15) is 9.59 Å². The van der Waals surface area contributed by atoms with Gasteiger partial charge in [-0.25, -0.2) is 5.01 Å². The van der Waals surface area contributed by atoms with Crippen LogP contribution in [0, 0.1) is 0 Å². The fraction of sp³-hybridized carbons (Fsp3) is 0.308. The van der Waals surface area contributed by atoms with Crippen molar-refractivity contribution in [3.05, 3.63) is 34.3 Å². The molecule has 0 N–H and O–H groups in total. The Morgan fingerprint density at radius 2 is 2.11 bits per heavy atom. The predicted octanol–water partition coefficient (Wildman–Crippen LogP) is 2.10. The molecule has 0 bridgehead atoms. The van der Waals surface area contributed by atoms with Gasteiger partial charge >= 0.3 is 5.97 Å². The van der Waals surface area contributed by atoms with Gasteiger partial charge in [0.1, 0.15) is 0 Å². The molecule has 2 rings (SSSR count). The first-order valence-corrected chi connectivity index (χ1v) is 6.56. The van der Waals surface area contributed by atoms with E-state index >= 15 is 0 Å². The maximum atomic E-state index is 11.8. The lowest BCUT2D eigenvalue weighted by Gasteiger charge is -2.11. The van der Waals surface area contributed by atoms with E-state index in [2.05, 4.69) is 25.8 Å². The number of ether oxygens (including phenoxy) is 1.